The maximum Gasteiger partial charge on any atom is 0.358 e. The summed E-state index contributed by atoms with van der Waals surface area (Å²) < 4.78 is 6.93. The highest BCUT2D eigenvalue weighted by atomic mass is 16.5. The van der Waals surface area contributed by atoms with Gasteiger partial charge in [-0.05, 0) is 80.3 Å². The summed E-state index contributed by atoms with van der Waals surface area (Å²) in [5, 5.41) is 4.52. The average Bonchev–Trinajstić information content (AvgIpc) is 3.35. The Labute approximate surface area is 207 Å². The fourth-order valence-corrected chi connectivity index (χ4v) is 4.68. The van der Waals surface area contributed by atoms with E-state index in [1.807, 2.05) is 41.3 Å². The van der Waals surface area contributed by atoms with Gasteiger partial charge in [-0.15, -0.1) is 0 Å². The molecular weight excluding hydrogens is 438 g/mol. The van der Waals surface area contributed by atoms with Crippen LogP contribution < -0.4 is 0 Å². The number of hydrogen-bond donors (Lipinski definition) is 0. The summed E-state index contributed by atoms with van der Waals surface area (Å²) in [5.41, 5.74) is 4.14. The molecule has 1 saturated heterocycles. The van der Waals surface area contributed by atoms with Gasteiger partial charge in [0.15, 0.2) is 5.69 Å². The van der Waals surface area contributed by atoms with Gasteiger partial charge >= 0.3 is 5.97 Å². The van der Waals surface area contributed by atoms with Crippen LogP contribution in [0.3, 0.4) is 0 Å². The molecule has 2 heterocycles. The number of rotatable bonds is 8. The van der Waals surface area contributed by atoms with Crippen molar-refractivity contribution in [2.24, 2.45) is 5.92 Å². The molecule has 1 aliphatic rings. The lowest BCUT2D eigenvalue weighted by Crippen LogP contribution is -2.38. The van der Waals surface area contributed by atoms with Crippen LogP contribution in [0.4, 0.5) is 0 Å². The van der Waals surface area contributed by atoms with E-state index in [2.05, 4.69) is 43.2 Å². The third-order valence-corrected chi connectivity index (χ3v) is 6.97. The molecule has 0 saturated carbocycles. The highest BCUT2D eigenvalue weighted by Gasteiger charge is 2.24. The molecule has 0 unspecified atom stereocenters. The second kappa shape index (κ2) is 11.3. The third kappa shape index (κ3) is 5.81. The van der Waals surface area contributed by atoms with Gasteiger partial charge in [0.25, 0.3) is 5.91 Å². The van der Waals surface area contributed by atoms with Crippen LogP contribution in [-0.4, -0.2) is 46.3 Å². The summed E-state index contributed by atoms with van der Waals surface area (Å²) in [6.45, 7) is 7.89. The molecule has 0 spiro atoms. The molecule has 1 amide bonds. The van der Waals surface area contributed by atoms with Gasteiger partial charge in [0, 0.05) is 24.3 Å². The first-order valence-corrected chi connectivity index (χ1v) is 12.7. The molecule has 2 aromatic carbocycles. The molecule has 35 heavy (non-hydrogen) atoms. The first-order chi connectivity index (χ1) is 17.0. The normalized spacial score (nSPS) is 15.1. The van der Waals surface area contributed by atoms with Gasteiger partial charge in [0.2, 0.25) is 0 Å². The van der Waals surface area contributed by atoms with Gasteiger partial charge in [-0.3, -0.25) is 4.79 Å². The summed E-state index contributed by atoms with van der Waals surface area (Å²) in [7, 11) is 0. The molecule has 184 valence electrons. The molecule has 1 aliphatic heterocycles. The number of amides is 1. The van der Waals surface area contributed by atoms with Gasteiger partial charge in [-0.1, -0.05) is 44.2 Å². The second-order valence-corrected chi connectivity index (χ2v) is 9.37. The van der Waals surface area contributed by atoms with Crippen molar-refractivity contribution in [2.45, 2.75) is 52.4 Å². The summed E-state index contributed by atoms with van der Waals surface area (Å²) in [5.74, 6) is 0.503. The lowest BCUT2D eigenvalue weighted by molar-refractivity contribution is 0.0518. The number of carbonyl (C=O) groups excluding carboxylic acids is 2. The fraction of sp³-hybridized carbons (Fsp3) is 0.414. The maximum absolute atomic E-state index is 13.1. The summed E-state index contributed by atoms with van der Waals surface area (Å²) in [4.78, 5) is 27.4. The van der Waals surface area contributed by atoms with Gasteiger partial charge in [0.1, 0.15) is 0 Å². The van der Waals surface area contributed by atoms with Crippen LogP contribution in [-0.2, 0) is 11.2 Å². The van der Waals surface area contributed by atoms with Crippen molar-refractivity contribution in [1.82, 2.24) is 14.7 Å². The number of piperidine rings is 1. The number of nitrogens with zero attached hydrogens (tertiary/aromatic N) is 3. The van der Waals surface area contributed by atoms with Crippen molar-refractivity contribution in [2.75, 3.05) is 19.7 Å². The SMILES string of the molecule is CCOC(=O)c1cc([C@H](C)CC)n(-c2ccc(C(=O)N3CCC(Cc4ccccc4)CC3)cc2)n1. The zero-order chi connectivity index (χ0) is 24.8. The highest BCUT2D eigenvalue weighted by Crippen LogP contribution is 2.25. The predicted molar refractivity (Wildman–Crippen MR) is 137 cm³/mol. The van der Waals surface area contributed by atoms with E-state index in [9.17, 15) is 9.59 Å². The van der Waals surface area contributed by atoms with E-state index in [0.717, 1.165) is 50.2 Å². The van der Waals surface area contributed by atoms with Crippen LogP contribution in [0, 0.1) is 5.92 Å². The third-order valence-electron chi connectivity index (χ3n) is 6.97. The lowest BCUT2D eigenvalue weighted by Gasteiger charge is -2.32. The summed E-state index contributed by atoms with van der Waals surface area (Å²) in [6, 6.07) is 19.9. The summed E-state index contributed by atoms with van der Waals surface area (Å²) in [6.07, 6.45) is 4.06. The quantitative estimate of drug-likeness (QED) is 0.396. The first-order valence-electron chi connectivity index (χ1n) is 12.7. The predicted octanol–water partition coefficient (Wildman–Crippen LogP) is 5.66. The molecule has 0 N–H and O–H groups in total. The Balaban J connectivity index is 1.43. The van der Waals surface area contributed by atoms with Crippen LogP contribution in [0.25, 0.3) is 5.69 Å². The van der Waals surface area contributed by atoms with Crippen LogP contribution in [0.2, 0.25) is 0 Å². The van der Waals surface area contributed by atoms with Crippen LogP contribution in [0.5, 0.6) is 0 Å². The molecule has 1 aromatic heterocycles. The number of esters is 1. The average molecular weight is 474 g/mol. The molecule has 3 aromatic rings. The van der Waals surface area contributed by atoms with Crippen LogP contribution >= 0.6 is 0 Å². The van der Waals surface area contributed by atoms with Crippen molar-refractivity contribution < 1.29 is 14.3 Å². The van der Waals surface area contributed by atoms with Crippen molar-refractivity contribution >= 4 is 11.9 Å². The fourth-order valence-electron chi connectivity index (χ4n) is 4.68. The Kier molecular flexibility index (Phi) is 8.01. The molecule has 6 heteroatoms. The topological polar surface area (TPSA) is 64.4 Å². The molecule has 6 nitrogen and oxygen atoms in total. The van der Waals surface area contributed by atoms with Gasteiger partial charge in [-0.25, -0.2) is 9.48 Å². The molecule has 1 fully saturated rings. The Morgan fingerprint density at radius 3 is 2.34 bits per heavy atom. The van der Waals surface area contributed by atoms with E-state index < -0.39 is 5.97 Å². The van der Waals surface area contributed by atoms with Gasteiger partial charge in [-0.2, -0.15) is 5.10 Å². The number of aromatic nitrogens is 2. The summed E-state index contributed by atoms with van der Waals surface area (Å²) >= 11 is 0. The van der Waals surface area contributed by atoms with E-state index in [1.54, 1.807) is 11.6 Å². The smallest absolute Gasteiger partial charge is 0.358 e. The number of likely N-dealkylation sites (tertiary alicyclic amines) is 1. The second-order valence-electron chi connectivity index (χ2n) is 9.37. The van der Waals surface area contributed by atoms with Crippen molar-refractivity contribution in [3.8, 4) is 5.69 Å². The zero-order valence-corrected chi connectivity index (χ0v) is 20.9. The van der Waals surface area contributed by atoms with Gasteiger partial charge < -0.3 is 9.64 Å². The van der Waals surface area contributed by atoms with Gasteiger partial charge in [0.05, 0.1) is 12.3 Å². The van der Waals surface area contributed by atoms with Crippen LogP contribution in [0.15, 0.2) is 60.7 Å². The van der Waals surface area contributed by atoms with Crippen molar-refractivity contribution in [3.05, 3.63) is 83.2 Å². The molecule has 0 bridgehead atoms. The standard InChI is InChI=1S/C29H35N3O3/c1-4-21(3)27-20-26(29(34)35-5-2)30-32(27)25-13-11-24(12-14-25)28(33)31-17-15-23(16-18-31)19-22-9-7-6-8-10-22/h6-14,20-21,23H,4-5,15-19H2,1-3H3/t21-/m1/s1. The molecular formula is C29H35N3O3. The Bertz CT molecular complexity index is 1130. The number of ether oxygens (including phenoxy) is 1. The molecule has 1 atom stereocenters. The van der Waals surface area contributed by atoms with E-state index in [4.69, 9.17) is 4.74 Å². The zero-order valence-electron chi connectivity index (χ0n) is 20.9. The molecule has 0 radical (unpaired) electrons. The Morgan fingerprint density at radius 1 is 1.03 bits per heavy atom. The minimum absolute atomic E-state index is 0.0736. The monoisotopic (exact) mass is 473 g/mol. The molecule has 0 aliphatic carbocycles. The molecule has 4 rings (SSSR count). The Hall–Kier alpha value is -3.41. The van der Waals surface area contributed by atoms with Crippen molar-refractivity contribution in [3.63, 3.8) is 0 Å². The Morgan fingerprint density at radius 2 is 1.71 bits per heavy atom. The number of hydrogen-bond acceptors (Lipinski definition) is 4. The van der Waals surface area contributed by atoms with E-state index >= 15 is 0 Å². The lowest BCUT2D eigenvalue weighted by atomic mass is 9.90. The van der Waals surface area contributed by atoms with E-state index in [1.165, 1.54) is 5.56 Å². The number of carbonyl (C=O) groups is 2. The highest BCUT2D eigenvalue weighted by molar-refractivity contribution is 5.94. The first kappa shape index (κ1) is 24.7. The number of benzene rings is 2. The largest absolute Gasteiger partial charge is 0.461 e. The minimum atomic E-state index is -0.418. The van der Waals surface area contributed by atoms with Crippen molar-refractivity contribution in [1.29, 1.82) is 0 Å². The van der Waals surface area contributed by atoms with E-state index in [-0.39, 0.29) is 11.8 Å². The minimum Gasteiger partial charge on any atom is -0.461 e. The van der Waals surface area contributed by atoms with E-state index in [0.29, 0.717) is 23.8 Å². The van der Waals surface area contributed by atoms with Crippen LogP contribution in [0.1, 0.15) is 78.1 Å². The maximum atomic E-state index is 13.1.